The fourth-order valence-electron chi connectivity index (χ4n) is 17.7. The maximum Gasteiger partial charge on any atom is 0.338 e. The van der Waals surface area contributed by atoms with Gasteiger partial charge in [0, 0.05) is 23.8 Å². The van der Waals surface area contributed by atoms with Crippen LogP contribution < -0.4 is 0 Å². The lowest BCUT2D eigenvalue weighted by Gasteiger charge is -2.73. The van der Waals surface area contributed by atoms with Gasteiger partial charge in [-0.1, -0.05) is 95.5 Å². The number of fused-ring (bicyclic) bond motifs is 7. The minimum Gasteiger partial charge on any atom is -0.479 e. The van der Waals surface area contributed by atoms with Crippen molar-refractivity contribution in [2.24, 2.45) is 50.2 Å². The highest BCUT2D eigenvalue weighted by molar-refractivity contribution is 5.89. The average Bonchev–Trinajstić information content (AvgIpc) is 0.719. The Morgan fingerprint density at radius 1 is 0.656 bits per heavy atom. The number of carbonyl (C=O) groups excluding carboxylic acids is 3. The average molecular weight is 1270 g/mol. The minimum atomic E-state index is -2.09. The molecule has 90 heavy (non-hydrogen) atoms. The van der Waals surface area contributed by atoms with Crippen molar-refractivity contribution in [3.63, 3.8) is 0 Å². The molecule has 0 amide bonds. The van der Waals surface area contributed by atoms with E-state index in [1.54, 1.807) is 30.3 Å². The first-order valence-corrected chi connectivity index (χ1v) is 31.6. The van der Waals surface area contributed by atoms with Gasteiger partial charge in [0.1, 0.15) is 54.9 Å². The summed E-state index contributed by atoms with van der Waals surface area (Å²) in [6.45, 7) is 18.7. The fourth-order valence-corrected chi connectivity index (χ4v) is 17.7. The fraction of sp³-hybridized carbons (Fsp3) is 0.758. The molecule has 5 aliphatic carbocycles. The number of carbonyl (C=O) groups is 4. The van der Waals surface area contributed by atoms with Crippen molar-refractivity contribution < 1.29 is 118 Å². The summed E-state index contributed by atoms with van der Waals surface area (Å²) < 4.78 is 55.6. The predicted octanol–water partition coefficient (Wildman–Crippen LogP) is 2.91. The highest BCUT2D eigenvalue weighted by Gasteiger charge is 2.76. The van der Waals surface area contributed by atoms with E-state index in [-0.39, 0.29) is 23.8 Å². The molecular weight excluding hydrogens is 1180 g/mol. The van der Waals surface area contributed by atoms with Crippen LogP contribution in [0.4, 0.5) is 0 Å². The lowest BCUT2D eigenvalue weighted by Crippen LogP contribution is -2.76. The number of rotatable bonds is 18. The number of allylic oxidation sites excluding steroid dienone is 4. The van der Waals surface area contributed by atoms with Crippen LogP contribution in [-0.4, -0.2) is 216 Å². The first-order valence-electron chi connectivity index (χ1n) is 31.6. The van der Waals surface area contributed by atoms with Crippen molar-refractivity contribution >= 4 is 23.9 Å². The third kappa shape index (κ3) is 12.1. The zero-order valence-electron chi connectivity index (χ0n) is 53.3. The Labute approximate surface area is 525 Å². The minimum absolute atomic E-state index is 0.182. The third-order valence-electron chi connectivity index (χ3n) is 22.6. The molecule has 9 rings (SSSR count). The van der Waals surface area contributed by atoms with Gasteiger partial charge >= 0.3 is 23.9 Å². The van der Waals surface area contributed by atoms with E-state index in [2.05, 4.69) is 26.0 Å². The molecule has 24 heteroatoms. The van der Waals surface area contributed by atoms with Crippen LogP contribution >= 0.6 is 0 Å². The molecule has 504 valence electrons. The molecule has 24 nitrogen and oxygen atoms in total. The van der Waals surface area contributed by atoms with Gasteiger partial charge in [0.05, 0.1) is 49.1 Å². The van der Waals surface area contributed by atoms with Crippen LogP contribution in [0.1, 0.15) is 138 Å². The standard InChI is InChI=1S/C66H96O24/c1-31(2)16-15-17-32(3)26-42(71)86-54-55(90-57(81)34-18-13-12-14-19-34)66(30-69)36(27-61(54,5)6)35-20-21-40-63(9)24-23-41(62(7,8)39(63)22-25-64(40,10)65(35,11)52(77)53(66)78)85-60-51(89-59-47(76)45(74)43(72)37(28-67)83-59)49(82-33(4)70)48(50(88-60)56(79)80)87-58-46(75)44(73)38(29-68)84-58/h12-14,16,18-20,26,36-41,43-55,58-60,67-69,72-78H,15,17,21-25,27-30H2,1-11H3,(H,79,80). The van der Waals surface area contributed by atoms with Gasteiger partial charge < -0.3 is 98.8 Å². The van der Waals surface area contributed by atoms with E-state index >= 15 is 0 Å². The molecule has 26 unspecified atom stereocenters. The molecule has 0 bridgehead atoms. The number of aliphatic carboxylic acids is 1. The van der Waals surface area contributed by atoms with Gasteiger partial charge in [-0.15, -0.1) is 0 Å². The summed E-state index contributed by atoms with van der Waals surface area (Å²) in [5.74, 6) is -5.18. The smallest absolute Gasteiger partial charge is 0.338 e. The molecule has 26 atom stereocenters. The van der Waals surface area contributed by atoms with Crippen molar-refractivity contribution in [1.29, 1.82) is 0 Å². The largest absolute Gasteiger partial charge is 0.479 e. The summed E-state index contributed by atoms with van der Waals surface area (Å²) in [7, 11) is 0. The Kier molecular flexibility index (Phi) is 20.6. The predicted molar refractivity (Wildman–Crippen MR) is 316 cm³/mol. The summed E-state index contributed by atoms with van der Waals surface area (Å²) in [4.78, 5) is 54.9. The topological polar surface area (TPSA) is 374 Å². The first kappa shape index (κ1) is 70.0. The Hall–Kier alpha value is -4.32. The summed E-state index contributed by atoms with van der Waals surface area (Å²) >= 11 is 0. The monoisotopic (exact) mass is 1270 g/mol. The molecule has 1 aromatic carbocycles. The number of carboxylic acids is 1. The second-order valence-corrected chi connectivity index (χ2v) is 28.9. The number of aliphatic hydroxyl groups excluding tert-OH is 10. The van der Waals surface area contributed by atoms with Gasteiger partial charge in [0.25, 0.3) is 0 Å². The van der Waals surface area contributed by atoms with Crippen LogP contribution in [0, 0.1) is 50.2 Å². The number of ether oxygens (including phenoxy) is 9. The highest BCUT2D eigenvalue weighted by Crippen LogP contribution is 2.76. The number of carboxylic acid groups (broad SMARTS) is 1. The van der Waals surface area contributed by atoms with Crippen LogP contribution in [0.15, 0.2) is 65.3 Å². The van der Waals surface area contributed by atoms with Gasteiger partial charge in [-0.2, -0.15) is 0 Å². The summed E-state index contributed by atoms with van der Waals surface area (Å²) in [6, 6.07) is 8.27. The highest BCUT2D eigenvalue weighted by atomic mass is 16.8. The number of esters is 3. The van der Waals surface area contributed by atoms with Crippen molar-refractivity contribution in [2.75, 3.05) is 19.8 Å². The third-order valence-corrected chi connectivity index (χ3v) is 22.6. The van der Waals surface area contributed by atoms with Gasteiger partial charge in [-0.25, -0.2) is 14.4 Å². The van der Waals surface area contributed by atoms with Crippen molar-refractivity contribution in [3.8, 4) is 0 Å². The molecule has 0 spiro atoms. The Bertz CT molecular complexity index is 2850. The molecule has 0 radical (unpaired) electrons. The molecule has 3 heterocycles. The molecule has 4 saturated carbocycles. The van der Waals surface area contributed by atoms with Crippen molar-refractivity contribution in [3.05, 3.63) is 70.8 Å². The zero-order valence-corrected chi connectivity index (χ0v) is 53.3. The van der Waals surface area contributed by atoms with Crippen molar-refractivity contribution in [2.45, 2.75) is 244 Å². The summed E-state index contributed by atoms with van der Waals surface area (Å²) in [5.41, 5.74) is -3.12. The second kappa shape index (κ2) is 26.5. The van der Waals surface area contributed by atoms with Crippen LogP contribution in [0.3, 0.4) is 0 Å². The molecule has 3 saturated heterocycles. The zero-order chi connectivity index (χ0) is 66.1. The molecule has 1 aromatic rings. The first-order chi connectivity index (χ1) is 42.2. The van der Waals surface area contributed by atoms with Gasteiger partial charge in [-0.3, -0.25) is 4.79 Å². The molecule has 8 aliphatic rings. The number of hydrogen-bond donors (Lipinski definition) is 11. The van der Waals surface area contributed by atoms with E-state index in [1.165, 1.54) is 6.08 Å². The molecule has 11 N–H and O–H groups in total. The summed E-state index contributed by atoms with van der Waals surface area (Å²) in [5, 5.41) is 124. The van der Waals surface area contributed by atoms with E-state index < -0.39 is 199 Å². The number of aliphatic hydroxyl groups is 10. The number of benzene rings is 1. The van der Waals surface area contributed by atoms with Crippen molar-refractivity contribution in [1.82, 2.24) is 0 Å². The van der Waals surface area contributed by atoms with Crippen LogP contribution in [0.25, 0.3) is 0 Å². The summed E-state index contributed by atoms with van der Waals surface area (Å²) in [6.07, 6.45) is -22.8. The number of hydrogen-bond acceptors (Lipinski definition) is 23. The van der Waals surface area contributed by atoms with E-state index in [9.17, 15) is 75.3 Å². The Morgan fingerprint density at radius 2 is 1.27 bits per heavy atom. The molecular formula is C66H96O24. The lowest BCUT2D eigenvalue weighted by molar-refractivity contribution is -0.383. The van der Waals surface area contributed by atoms with Crippen LogP contribution in [0.5, 0.6) is 0 Å². The van der Waals surface area contributed by atoms with E-state index in [1.807, 2.05) is 55.4 Å². The second-order valence-electron chi connectivity index (χ2n) is 28.9. The molecule has 0 aromatic heterocycles. The van der Waals surface area contributed by atoms with E-state index in [4.69, 9.17) is 42.6 Å². The lowest BCUT2D eigenvalue weighted by atomic mass is 9.32. The van der Waals surface area contributed by atoms with Crippen LogP contribution in [-0.2, 0) is 57.0 Å². The maximum atomic E-state index is 14.4. The van der Waals surface area contributed by atoms with E-state index in [0.717, 1.165) is 23.6 Å². The molecule has 3 aliphatic heterocycles. The SMILES string of the molecule is CC(=O)OC1C(OC2OC(CO)C(O)C(O)C2O)C(OC2CCC3(C)C(CCC4(C)C3CC=C3C5CC(C)(C)C(OC(=O)C=C(C)CCC=C(C)C)C(OC(=O)c6ccccc6)C5(CO)C(O)C(O)C34C)C2(C)C)OC(C(=O)O)C1OC1OC(CO)C(O)C1O. The molecule has 7 fully saturated rings. The van der Waals surface area contributed by atoms with Gasteiger partial charge in [-0.05, 0) is 118 Å². The quantitative estimate of drug-likeness (QED) is 0.0331. The van der Waals surface area contributed by atoms with Crippen LogP contribution in [0.2, 0.25) is 0 Å². The Morgan fingerprint density at radius 3 is 1.86 bits per heavy atom. The van der Waals surface area contributed by atoms with Gasteiger partial charge in [0.15, 0.2) is 43.3 Å². The van der Waals surface area contributed by atoms with E-state index in [0.29, 0.717) is 44.9 Å². The normalized spacial score (nSPS) is 44.5. The maximum absolute atomic E-state index is 14.4. The van der Waals surface area contributed by atoms with Gasteiger partial charge in [0.2, 0.25) is 0 Å². The Balaban J connectivity index is 1.05.